The summed E-state index contributed by atoms with van der Waals surface area (Å²) >= 11 is 0. The Morgan fingerprint density at radius 3 is 2.05 bits per heavy atom. The zero-order valence-corrected chi connectivity index (χ0v) is 31.9. The fourth-order valence-corrected chi connectivity index (χ4v) is 7.32. The molecule has 56 heavy (non-hydrogen) atoms. The SMILES string of the molecule is CN(CCCC(=O)O)C(=O)c1ccccc1-c1c2cc/c(=N/CCc3ccc(S(=O)(=O)O)cc3)cc-2oc2cc(NCCc3ccc(S(=O)(=O)O)cc3)ccc12. The predicted octanol–water partition coefficient (Wildman–Crippen LogP) is 6.43. The van der Waals surface area contributed by atoms with Crippen LogP contribution in [0.2, 0.25) is 0 Å². The van der Waals surface area contributed by atoms with Crippen molar-refractivity contribution >= 4 is 48.8 Å². The third-order valence-corrected chi connectivity index (χ3v) is 11.0. The number of carboxylic acid groups (broad SMARTS) is 1. The predicted molar refractivity (Wildman–Crippen MR) is 211 cm³/mol. The van der Waals surface area contributed by atoms with Crippen molar-refractivity contribution in [2.24, 2.45) is 4.99 Å². The molecule has 4 aromatic rings. The number of aliphatic carboxylic acids is 1. The van der Waals surface area contributed by atoms with Crippen molar-refractivity contribution in [3.05, 3.63) is 131 Å². The second-order valence-electron chi connectivity index (χ2n) is 13.2. The van der Waals surface area contributed by atoms with E-state index in [4.69, 9.17) is 14.5 Å². The van der Waals surface area contributed by atoms with Crippen LogP contribution in [0.4, 0.5) is 5.69 Å². The smallest absolute Gasteiger partial charge is 0.303 e. The lowest BCUT2D eigenvalue weighted by Gasteiger charge is -2.21. The molecular weight excluding hydrogens is 759 g/mol. The Hall–Kier alpha value is -5.87. The fraction of sp³-hybridized carbons (Fsp3) is 0.195. The van der Waals surface area contributed by atoms with Crippen molar-refractivity contribution in [3.63, 3.8) is 0 Å². The van der Waals surface area contributed by atoms with Crippen molar-refractivity contribution in [3.8, 4) is 22.5 Å². The van der Waals surface area contributed by atoms with Crippen LogP contribution in [-0.4, -0.2) is 74.5 Å². The molecule has 0 bridgehead atoms. The fourth-order valence-electron chi connectivity index (χ4n) is 6.36. The van der Waals surface area contributed by atoms with Crippen LogP contribution in [0.3, 0.4) is 0 Å². The van der Waals surface area contributed by atoms with Gasteiger partial charge in [-0.3, -0.25) is 23.7 Å². The quantitative estimate of drug-likeness (QED) is 0.0658. The molecule has 1 aliphatic carbocycles. The van der Waals surface area contributed by atoms with Gasteiger partial charge in [-0.2, -0.15) is 16.8 Å². The van der Waals surface area contributed by atoms with E-state index in [1.807, 2.05) is 48.5 Å². The van der Waals surface area contributed by atoms with Crippen LogP contribution in [0.5, 0.6) is 0 Å². The summed E-state index contributed by atoms with van der Waals surface area (Å²) < 4.78 is 70.7. The highest BCUT2D eigenvalue weighted by Gasteiger charge is 2.23. The van der Waals surface area contributed by atoms with Crippen LogP contribution in [0.1, 0.15) is 34.3 Å². The normalized spacial score (nSPS) is 12.2. The molecule has 2 aliphatic rings. The molecule has 6 rings (SSSR count). The molecule has 0 spiro atoms. The largest absolute Gasteiger partial charge is 0.481 e. The van der Waals surface area contributed by atoms with Crippen LogP contribution in [0.15, 0.2) is 128 Å². The second kappa shape index (κ2) is 16.9. The number of hydrogen-bond acceptors (Lipinski definition) is 9. The molecule has 1 heterocycles. The lowest BCUT2D eigenvalue weighted by atomic mass is 9.90. The third kappa shape index (κ3) is 9.67. The summed E-state index contributed by atoms with van der Waals surface area (Å²) in [5.41, 5.74) is 5.59. The number of nitrogens with zero attached hydrogens (tertiary/aromatic N) is 2. The average Bonchev–Trinajstić information content (AvgIpc) is 3.16. The minimum Gasteiger partial charge on any atom is -0.481 e. The first kappa shape index (κ1) is 39.8. The molecule has 13 nitrogen and oxygen atoms in total. The van der Waals surface area contributed by atoms with Gasteiger partial charge in [-0.15, -0.1) is 0 Å². The average molecular weight is 798 g/mol. The Morgan fingerprint density at radius 2 is 1.41 bits per heavy atom. The van der Waals surface area contributed by atoms with E-state index in [0.717, 1.165) is 33.3 Å². The van der Waals surface area contributed by atoms with Crippen molar-refractivity contribution in [2.75, 3.05) is 32.0 Å². The van der Waals surface area contributed by atoms with Crippen molar-refractivity contribution in [2.45, 2.75) is 35.5 Å². The summed E-state index contributed by atoms with van der Waals surface area (Å²) in [5, 5.41) is 13.9. The van der Waals surface area contributed by atoms with Crippen molar-refractivity contribution < 1.29 is 45.1 Å². The maximum Gasteiger partial charge on any atom is 0.303 e. The summed E-state index contributed by atoms with van der Waals surface area (Å²) in [6, 6.07) is 30.4. The van der Waals surface area contributed by atoms with Gasteiger partial charge in [-0.05, 0) is 90.6 Å². The first-order valence-corrected chi connectivity index (χ1v) is 20.5. The Balaban J connectivity index is 1.35. The van der Waals surface area contributed by atoms with Gasteiger partial charge in [0.15, 0.2) is 0 Å². The molecule has 0 saturated heterocycles. The topological polar surface area (TPSA) is 204 Å². The highest BCUT2D eigenvalue weighted by atomic mass is 32.2. The van der Waals surface area contributed by atoms with Gasteiger partial charge < -0.3 is 19.7 Å². The van der Waals surface area contributed by atoms with E-state index in [2.05, 4.69) is 5.32 Å². The van der Waals surface area contributed by atoms with E-state index in [1.54, 1.807) is 43.4 Å². The molecule has 0 aromatic heterocycles. The van der Waals surface area contributed by atoms with Gasteiger partial charge in [0.05, 0.1) is 15.1 Å². The Kier molecular flexibility index (Phi) is 12.0. The number of anilines is 1. The lowest BCUT2D eigenvalue weighted by Crippen LogP contribution is -2.28. The number of hydrogen-bond donors (Lipinski definition) is 4. The van der Waals surface area contributed by atoms with E-state index in [-0.39, 0.29) is 28.7 Å². The summed E-state index contributed by atoms with van der Waals surface area (Å²) in [4.78, 5) is 30.8. The highest BCUT2D eigenvalue weighted by molar-refractivity contribution is 7.86. The van der Waals surface area contributed by atoms with Crippen LogP contribution < -0.4 is 10.7 Å². The van der Waals surface area contributed by atoms with Crippen molar-refractivity contribution in [1.82, 2.24) is 4.90 Å². The Labute approximate surface area is 323 Å². The molecular formula is C41H39N3O10S2. The third-order valence-electron chi connectivity index (χ3n) is 9.24. The molecule has 0 radical (unpaired) electrons. The summed E-state index contributed by atoms with van der Waals surface area (Å²) in [6.07, 6.45) is 1.33. The first-order chi connectivity index (χ1) is 26.7. The highest BCUT2D eigenvalue weighted by Crippen LogP contribution is 2.42. The molecule has 0 fully saturated rings. The number of carboxylic acids is 1. The zero-order valence-electron chi connectivity index (χ0n) is 30.3. The van der Waals surface area contributed by atoms with Crippen LogP contribution >= 0.6 is 0 Å². The maximum atomic E-state index is 13.8. The number of carbonyl (C=O) groups excluding carboxylic acids is 1. The molecule has 15 heteroatoms. The van der Waals surface area contributed by atoms with E-state index in [0.29, 0.717) is 60.2 Å². The number of amides is 1. The van der Waals surface area contributed by atoms with Gasteiger partial charge in [0, 0.05) is 73.0 Å². The molecule has 0 atom stereocenters. The number of rotatable bonds is 15. The molecule has 0 saturated carbocycles. The first-order valence-electron chi connectivity index (χ1n) is 17.6. The van der Waals surface area contributed by atoms with Crippen LogP contribution in [-0.2, 0) is 37.9 Å². The van der Waals surface area contributed by atoms with Gasteiger partial charge in [0.1, 0.15) is 11.3 Å². The molecule has 0 unspecified atom stereocenters. The minimum atomic E-state index is -4.29. The summed E-state index contributed by atoms with van der Waals surface area (Å²) in [7, 11) is -6.92. The molecule has 4 aromatic carbocycles. The second-order valence-corrected chi connectivity index (χ2v) is 16.0. The number of benzene rings is 5. The van der Waals surface area contributed by atoms with Gasteiger partial charge >= 0.3 is 5.97 Å². The van der Waals surface area contributed by atoms with Crippen molar-refractivity contribution in [1.29, 1.82) is 0 Å². The summed E-state index contributed by atoms with van der Waals surface area (Å²) in [6.45, 7) is 1.15. The summed E-state index contributed by atoms with van der Waals surface area (Å²) in [5.74, 6) is -0.674. The van der Waals surface area contributed by atoms with Gasteiger partial charge in [0.2, 0.25) is 0 Å². The number of carbonyl (C=O) groups is 2. The van der Waals surface area contributed by atoms with Crippen LogP contribution in [0, 0.1) is 0 Å². The van der Waals surface area contributed by atoms with E-state index in [9.17, 15) is 35.5 Å². The lowest BCUT2D eigenvalue weighted by molar-refractivity contribution is -0.137. The van der Waals surface area contributed by atoms with E-state index in [1.165, 1.54) is 29.2 Å². The monoisotopic (exact) mass is 797 g/mol. The van der Waals surface area contributed by atoms with Gasteiger partial charge in [-0.25, -0.2) is 0 Å². The van der Waals surface area contributed by atoms with E-state index < -0.39 is 26.2 Å². The number of fused-ring (bicyclic) bond motifs is 2. The Bertz CT molecular complexity index is 2660. The molecule has 290 valence electrons. The number of nitrogens with one attached hydrogen (secondary N) is 1. The molecule has 1 aliphatic heterocycles. The van der Waals surface area contributed by atoms with Gasteiger partial charge in [0.25, 0.3) is 26.1 Å². The molecule has 1 amide bonds. The molecule has 4 N–H and O–H groups in total. The van der Waals surface area contributed by atoms with Crippen LogP contribution in [0.25, 0.3) is 33.4 Å². The maximum absolute atomic E-state index is 13.8. The minimum absolute atomic E-state index is 0.0564. The zero-order chi connectivity index (χ0) is 40.0. The van der Waals surface area contributed by atoms with Gasteiger partial charge in [-0.1, -0.05) is 42.5 Å². The van der Waals surface area contributed by atoms with E-state index >= 15 is 0 Å². The Morgan fingerprint density at radius 1 is 0.768 bits per heavy atom. The standard InChI is InChI=1S/C41H39N3O10S2/c1-44(24-4-7-39(45)46)41(47)34-6-3-2-5-33(34)40-35-18-12-29(42-22-20-27-8-14-31(15-9-27)55(48,49)50)25-37(35)54-38-26-30(13-19-36(38)40)43-23-21-28-10-16-32(17-11-28)56(51,52)53/h2-3,5-6,8-19,25-26,42H,4,7,20-24H2,1H3,(H,45,46)(H,48,49,50)(H,51,52,53)/b43-30-.